The molecule has 0 unspecified atom stereocenters. The van der Waals surface area contributed by atoms with Crippen molar-refractivity contribution in [2.45, 2.75) is 33.5 Å². The highest BCUT2D eigenvalue weighted by Gasteiger charge is 2.13. The van der Waals surface area contributed by atoms with Crippen LogP contribution in [0.15, 0.2) is 65.1 Å². The monoisotopic (exact) mass is 493 g/mol. The van der Waals surface area contributed by atoms with Crippen LogP contribution in [0.5, 0.6) is 11.5 Å². The first kappa shape index (κ1) is 24.2. The van der Waals surface area contributed by atoms with Crippen molar-refractivity contribution in [2.24, 2.45) is 0 Å². The molecular formula is C24H26BrClFNO2. The molecular weight excluding hydrogens is 469 g/mol. The van der Waals surface area contributed by atoms with Crippen molar-refractivity contribution in [3.8, 4) is 11.5 Å². The fourth-order valence-corrected chi connectivity index (χ4v) is 3.52. The molecule has 1 N–H and O–H groups in total. The third kappa shape index (κ3) is 7.01. The Morgan fingerprint density at radius 2 is 1.50 bits per heavy atom. The molecule has 3 rings (SSSR count). The van der Waals surface area contributed by atoms with Crippen LogP contribution in [0.3, 0.4) is 0 Å². The van der Waals surface area contributed by atoms with Gasteiger partial charge in [0.25, 0.3) is 0 Å². The lowest BCUT2D eigenvalue weighted by molar-refractivity contribution is 0.267. The van der Waals surface area contributed by atoms with Crippen molar-refractivity contribution >= 4 is 28.3 Å². The lowest BCUT2D eigenvalue weighted by Gasteiger charge is -2.16. The number of hydrogen-bond donors (Lipinski definition) is 1. The van der Waals surface area contributed by atoms with Gasteiger partial charge in [0.15, 0.2) is 11.5 Å². The summed E-state index contributed by atoms with van der Waals surface area (Å²) >= 11 is 3.61. The zero-order chi connectivity index (χ0) is 20.6. The predicted molar refractivity (Wildman–Crippen MR) is 125 cm³/mol. The summed E-state index contributed by atoms with van der Waals surface area (Å²) in [6.45, 7) is 6.42. The molecule has 0 bridgehead atoms. The Bertz CT molecular complexity index is 933. The van der Waals surface area contributed by atoms with Crippen LogP contribution < -0.4 is 14.8 Å². The highest BCUT2D eigenvalue weighted by Crippen LogP contribution is 2.37. The van der Waals surface area contributed by atoms with E-state index >= 15 is 0 Å². The molecule has 160 valence electrons. The molecule has 0 aromatic heterocycles. The number of ether oxygens (including phenoxy) is 2. The molecule has 0 aliphatic heterocycles. The van der Waals surface area contributed by atoms with Crippen molar-refractivity contribution in [1.29, 1.82) is 0 Å². The standard InChI is InChI=1S/C24H25BrFNO2.ClH/c1-3-28-23-13-20(15-27-14-18-6-4-17(2)5-7-18)12-22(25)24(23)29-16-19-8-10-21(26)11-9-19;/h4-13,27H,3,14-16H2,1-2H3;1H. The third-order valence-electron chi connectivity index (χ3n) is 4.44. The second-order valence-electron chi connectivity index (χ2n) is 6.84. The highest BCUT2D eigenvalue weighted by atomic mass is 79.9. The normalized spacial score (nSPS) is 10.4. The maximum Gasteiger partial charge on any atom is 0.175 e. The topological polar surface area (TPSA) is 30.5 Å². The first-order valence-corrected chi connectivity index (χ1v) is 10.4. The van der Waals surface area contributed by atoms with Gasteiger partial charge in [-0.25, -0.2) is 4.39 Å². The summed E-state index contributed by atoms with van der Waals surface area (Å²) < 4.78 is 25.7. The number of aryl methyl sites for hydroxylation is 1. The number of nitrogens with one attached hydrogen (secondary N) is 1. The van der Waals surface area contributed by atoms with E-state index in [1.807, 2.05) is 19.1 Å². The fourth-order valence-electron chi connectivity index (χ4n) is 2.92. The lowest BCUT2D eigenvalue weighted by atomic mass is 10.1. The van der Waals surface area contributed by atoms with Gasteiger partial charge in [-0.05, 0) is 70.7 Å². The molecule has 0 heterocycles. The molecule has 3 aromatic rings. The summed E-state index contributed by atoms with van der Waals surface area (Å²) in [7, 11) is 0. The van der Waals surface area contributed by atoms with E-state index in [9.17, 15) is 4.39 Å². The van der Waals surface area contributed by atoms with Crippen molar-refractivity contribution in [3.63, 3.8) is 0 Å². The van der Waals surface area contributed by atoms with Gasteiger partial charge in [-0.15, -0.1) is 12.4 Å². The van der Waals surface area contributed by atoms with Crippen molar-refractivity contribution in [2.75, 3.05) is 6.61 Å². The second-order valence-corrected chi connectivity index (χ2v) is 7.70. The number of rotatable bonds is 9. The van der Waals surface area contributed by atoms with Crippen LogP contribution in [-0.2, 0) is 19.7 Å². The van der Waals surface area contributed by atoms with Crippen molar-refractivity contribution in [3.05, 3.63) is 93.2 Å². The van der Waals surface area contributed by atoms with Crippen LogP contribution >= 0.6 is 28.3 Å². The van der Waals surface area contributed by atoms with E-state index in [-0.39, 0.29) is 18.2 Å². The van der Waals surface area contributed by atoms with Crippen LogP contribution in [-0.4, -0.2) is 6.61 Å². The molecule has 0 fully saturated rings. The van der Waals surface area contributed by atoms with Crippen LogP contribution in [0, 0.1) is 12.7 Å². The third-order valence-corrected chi connectivity index (χ3v) is 5.03. The molecule has 0 aliphatic carbocycles. The predicted octanol–water partition coefficient (Wildman–Crippen LogP) is 6.59. The Balaban J connectivity index is 0.00000320. The smallest absolute Gasteiger partial charge is 0.175 e. The minimum absolute atomic E-state index is 0. The second kappa shape index (κ2) is 11.9. The Labute approximate surface area is 192 Å². The molecule has 0 saturated heterocycles. The van der Waals surface area contributed by atoms with Gasteiger partial charge in [-0.2, -0.15) is 0 Å². The van der Waals surface area contributed by atoms with E-state index in [1.54, 1.807) is 12.1 Å². The maximum absolute atomic E-state index is 13.1. The zero-order valence-electron chi connectivity index (χ0n) is 17.1. The van der Waals surface area contributed by atoms with Gasteiger partial charge < -0.3 is 14.8 Å². The quantitative estimate of drug-likeness (QED) is 0.364. The van der Waals surface area contributed by atoms with Crippen molar-refractivity contribution < 1.29 is 13.9 Å². The highest BCUT2D eigenvalue weighted by molar-refractivity contribution is 9.10. The molecule has 30 heavy (non-hydrogen) atoms. The molecule has 0 spiro atoms. The minimum atomic E-state index is -0.257. The van der Waals surface area contributed by atoms with Crippen LogP contribution in [0.25, 0.3) is 0 Å². The summed E-state index contributed by atoms with van der Waals surface area (Å²) in [4.78, 5) is 0. The zero-order valence-corrected chi connectivity index (χ0v) is 19.5. The van der Waals surface area contributed by atoms with Gasteiger partial charge >= 0.3 is 0 Å². The first-order chi connectivity index (χ1) is 14.0. The van der Waals surface area contributed by atoms with Crippen LogP contribution in [0.2, 0.25) is 0 Å². The Morgan fingerprint density at radius 3 is 2.17 bits per heavy atom. The van der Waals surface area contributed by atoms with Gasteiger partial charge in [0.05, 0.1) is 11.1 Å². The SMILES string of the molecule is CCOc1cc(CNCc2ccc(C)cc2)cc(Br)c1OCc1ccc(F)cc1.Cl. The van der Waals surface area contributed by atoms with E-state index in [0.717, 1.165) is 22.1 Å². The molecule has 0 atom stereocenters. The van der Waals surface area contributed by atoms with E-state index in [1.165, 1.54) is 23.3 Å². The molecule has 0 aliphatic rings. The van der Waals surface area contributed by atoms with Gasteiger partial charge in [0, 0.05) is 13.1 Å². The van der Waals surface area contributed by atoms with E-state index in [4.69, 9.17) is 9.47 Å². The average Bonchev–Trinajstić information content (AvgIpc) is 2.70. The number of hydrogen-bond acceptors (Lipinski definition) is 3. The van der Waals surface area contributed by atoms with Crippen molar-refractivity contribution in [1.82, 2.24) is 5.32 Å². The molecule has 0 amide bonds. The molecule has 0 radical (unpaired) electrons. The van der Waals surface area contributed by atoms with Gasteiger partial charge in [-0.1, -0.05) is 42.0 Å². The minimum Gasteiger partial charge on any atom is -0.490 e. The Kier molecular flexibility index (Phi) is 9.63. The van der Waals surface area contributed by atoms with Gasteiger partial charge in [0.1, 0.15) is 12.4 Å². The number of benzene rings is 3. The summed E-state index contributed by atoms with van der Waals surface area (Å²) in [5.74, 6) is 1.09. The van der Waals surface area contributed by atoms with Gasteiger partial charge in [-0.3, -0.25) is 0 Å². The Morgan fingerprint density at radius 1 is 0.867 bits per heavy atom. The van der Waals surface area contributed by atoms with Crippen LogP contribution in [0.1, 0.15) is 29.2 Å². The van der Waals surface area contributed by atoms with Crippen LogP contribution in [0.4, 0.5) is 4.39 Å². The molecule has 3 nitrogen and oxygen atoms in total. The number of halogens is 3. The molecule has 6 heteroatoms. The summed E-state index contributed by atoms with van der Waals surface area (Å²) in [6, 6.07) is 18.8. The first-order valence-electron chi connectivity index (χ1n) is 9.64. The fraction of sp³-hybridized carbons (Fsp3) is 0.250. The van der Waals surface area contributed by atoms with E-state index in [2.05, 4.69) is 52.4 Å². The van der Waals surface area contributed by atoms with E-state index < -0.39 is 0 Å². The van der Waals surface area contributed by atoms with Gasteiger partial charge in [0.2, 0.25) is 0 Å². The lowest BCUT2D eigenvalue weighted by Crippen LogP contribution is -2.13. The van der Waals surface area contributed by atoms with E-state index in [0.29, 0.717) is 31.3 Å². The molecule has 0 saturated carbocycles. The largest absolute Gasteiger partial charge is 0.490 e. The summed E-state index contributed by atoms with van der Waals surface area (Å²) in [6.07, 6.45) is 0. The maximum atomic E-state index is 13.1. The summed E-state index contributed by atoms with van der Waals surface area (Å²) in [5.41, 5.74) is 4.50. The Hall–Kier alpha value is -2.08. The summed E-state index contributed by atoms with van der Waals surface area (Å²) in [5, 5.41) is 3.46. The molecule has 3 aromatic carbocycles. The average molecular weight is 495 g/mol.